The first-order valence-corrected chi connectivity index (χ1v) is 27.7. The number of aryl methyl sites for hydroxylation is 1. The number of thioether (sulfide) groups is 1. The molecule has 0 aromatic heterocycles. The molecule has 4 aliphatic rings. The van der Waals surface area contributed by atoms with Crippen molar-refractivity contribution in [1.82, 2.24) is 9.80 Å². The number of fused-ring (bicyclic) bond motifs is 2. The second-order valence-electron chi connectivity index (χ2n) is 19.5. The maximum absolute atomic E-state index is 13.7. The number of imide groups is 2. The van der Waals surface area contributed by atoms with Crippen molar-refractivity contribution in [3.05, 3.63) is 65.7 Å². The molecular formula is C44H64N2O12SSi2. The molecule has 4 fully saturated rings. The average molecular weight is 901 g/mol. The Balaban J connectivity index is 1.41. The van der Waals surface area contributed by atoms with Gasteiger partial charge in [-0.3, -0.25) is 9.59 Å². The van der Waals surface area contributed by atoms with Crippen molar-refractivity contribution < 1.29 is 56.5 Å². The maximum Gasteiger partial charge on any atom is 0.417 e. The van der Waals surface area contributed by atoms with E-state index in [1.807, 2.05) is 61.5 Å². The minimum Gasteiger partial charge on any atom is -0.441 e. The van der Waals surface area contributed by atoms with E-state index in [0.717, 1.165) is 25.8 Å². The van der Waals surface area contributed by atoms with Crippen molar-refractivity contribution in [3.63, 3.8) is 0 Å². The molecule has 2 aromatic rings. The number of hydrogen-bond acceptors (Lipinski definition) is 13. The summed E-state index contributed by atoms with van der Waals surface area (Å²) >= 11 is 1.36. The van der Waals surface area contributed by atoms with Gasteiger partial charge in [-0.15, -0.1) is 0 Å². The molecule has 0 spiro atoms. The lowest BCUT2D eigenvalue weighted by Gasteiger charge is -2.50. The van der Waals surface area contributed by atoms with Crippen LogP contribution in [0.2, 0.25) is 36.3 Å². The van der Waals surface area contributed by atoms with E-state index < -0.39 is 101 Å². The molecule has 0 radical (unpaired) electrons. The molecule has 0 unspecified atom stereocenters. The zero-order valence-corrected chi connectivity index (χ0v) is 40.6. The summed E-state index contributed by atoms with van der Waals surface area (Å²) in [6, 6.07) is 15.5. The Morgan fingerprint density at radius 3 is 1.82 bits per heavy atom. The van der Waals surface area contributed by atoms with Crippen molar-refractivity contribution in [2.24, 2.45) is 0 Å². The van der Waals surface area contributed by atoms with Gasteiger partial charge < -0.3 is 37.3 Å². The van der Waals surface area contributed by atoms with Crippen molar-refractivity contribution in [1.29, 1.82) is 0 Å². The van der Waals surface area contributed by atoms with Gasteiger partial charge in [-0.2, -0.15) is 0 Å². The number of carbonyl (C=O) groups excluding carboxylic acids is 4. The molecule has 4 saturated heterocycles. The monoisotopic (exact) mass is 900 g/mol. The Morgan fingerprint density at radius 2 is 1.26 bits per heavy atom. The number of nitrogens with zero attached hydrogens (tertiary/aromatic N) is 2. The van der Waals surface area contributed by atoms with Gasteiger partial charge in [0.15, 0.2) is 35.1 Å². The predicted molar refractivity (Wildman–Crippen MR) is 234 cm³/mol. The van der Waals surface area contributed by atoms with E-state index in [1.165, 1.54) is 25.6 Å². The highest BCUT2D eigenvalue weighted by molar-refractivity contribution is 7.99. The lowest BCUT2D eigenvalue weighted by atomic mass is 9.95. The highest BCUT2D eigenvalue weighted by Crippen LogP contribution is 2.46. The van der Waals surface area contributed by atoms with Crippen LogP contribution in [0.25, 0.3) is 0 Å². The van der Waals surface area contributed by atoms with Crippen LogP contribution in [-0.2, 0) is 53.5 Å². The first-order valence-electron chi connectivity index (χ1n) is 21.0. The molecule has 17 heteroatoms. The molecule has 4 amide bonds. The molecule has 0 aliphatic carbocycles. The molecule has 0 N–H and O–H groups in total. The molecule has 0 saturated carbocycles. The minimum absolute atomic E-state index is 0.00690. The molecule has 61 heavy (non-hydrogen) atoms. The van der Waals surface area contributed by atoms with Gasteiger partial charge >= 0.3 is 12.2 Å². The van der Waals surface area contributed by atoms with Gasteiger partial charge in [0.25, 0.3) is 0 Å². The number of carbonyl (C=O) groups is 4. The Labute approximate surface area is 366 Å². The topological polar surface area (TPSA) is 149 Å². The SMILES string of the molecule is CC(=O)N1C(=O)O[C@H]2[C@@H](O[C@H]3O[C@H](CO[Si](C)(C)C(C)(C)C)[C@H](O[Si](C)(C)C(C)(C)C)[C@@H]4OC(=O)N(C(C)=O)[C@@H]34)[C@@H](COCc3ccccc3)O[C@H](Sc3ccc(C)cc3)[C@@H]21. The van der Waals surface area contributed by atoms with Crippen molar-refractivity contribution in [3.8, 4) is 0 Å². The number of ether oxygens (including phenoxy) is 6. The van der Waals surface area contributed by atoms with Crippen molar-refractivity contribution >= 4 is 52.4 Å². The fourth-order valence-corrected chi connectivity index (χ4v) is 11.0. The van der Waals surface area contributed by atoms with Crippen LogP contribution in [0.4, 0.5) is 9.59 Å². The highest BCUT2D eigenvalue weighted by atomic mass is 32.2. The van der Waals surface area contributed by atoms with E-state index in [1.54, 1.807) is 0 Å². The van der Waals surface area contributed by atoms with Gasteiger partial charge in [-0.05, 0) is 60.9 Å². The standard InChI is InChI=1S/C44H64N2O12SSi2/c1-26-19-21-30(22-20-26)59-40-34-38(57-42(50)46(34)28(3)48)35(31(54-40)24-51-23-29-17-15-14-16-18-29)55-39-33-37(56-41(49)45(33)27(2)47)36(58-61(12,13)44(7,8)9)32(53-39)25-52-60(10,11)43(4,5)6/h14-22,31-40H,23-25H2,1-13H3/t31-,32-,33-,34-,35+,36+,37-,38-,39-,40-/m1/s1. The van der Waals surface area contributed by atoms with Gasteiger partial charge in [-0.1, -0.05) is 101 Å². The highest BCUT2D eigenvalue weighted by Gasteiger charge is 2.64. The summed E-state index contributed by atoms with van der Waals surface area (Å²) in [5.74, 6) is -1.09. The lowest BCUT2D eigenvalue weighted by Crippen LogP contribution is -2.67. The molecule has 0 bridgehead atoms. The van der Waals surface area contributed by atoms with Crippen LogP contribution in [0.5, 0.6) is 0 Å². The van der Waals surface area contributed by atoms with Gasteiger partial charge in [0.05, 0.1) is 19.8 Å². The first-order chi connectivity index (χ1) is 28.4. The molecule has 6 rings (SSSR count). The molecule has 10 atom stereocenters. The van der Waals surface area contributed by atoms with Crippen molar-refractivity contribution in [2.45, 2.75) is 171 Å². The summed E-state index contributed by atoms with van der Waals surface area (Å²) in [5.41, 5.74) is 1.22. The van der Waals surface area contributed by atoms with Gasteiger partial charge in [-0.25, -0.2) is 19.4 Å². The summed E-state index contributed by atoms with van der Waals surface area (Å²) in [6.07, 6.45) is -8.72. The zero-order valence-electron chi connectivity index (χ0n) is 37.8. The lowest BCUT2D eigenvalue weighted by molar-refractivity contribution is -0.305. The second-order valence-corrected chi connectivity index (χ2v) is 30.2. The minimum atomic E-state index is -2.58. The molecule has 2 aromatic carbocycles. The van der Waals surface area contributed by atoms with E-state index in [9.17, 15) is 19.2 Å². The van der Waals surface area contributed by atoms with Crippen LogP contribution in [0.15, 0.2) is 59.5 Å². The molecular weight excluding hydrogens is 837 g/mol. The summed E-state index contributed by atoms with van der Waals surface area (Å²) in [4.78, 5) is 56.9. The Kier molecular flexibility index (Phi) is 14.1. The van der Waals surface area contributed by atoms with Gasteiger partial charge in [0.2, 0.25) is 11.8 Å². The van der Waals surface area contributed by atoms with Gasteiger partial charge in [0.1, 0.15) is 41.9 Å². The summed E-state index contributed by atoms with van der Waals surface area (Å²) < 4.78 is 53.1. The molecule has 4 heterocycles. The summed E-state index contributed by atoms with van der Waals surface area (Å²) in [5, 5.41) is -0.363. The van der Waals surface area contributed by atoms with Crippen molar-refractivity contribution in [2.75, 3.05) is 13.2 Å². The normalized spacial score (nSPS) is 29.5. The Bertz CT molecular complexity index is 1910. The fraction of sp³-hybridized carbons (Fsp3) is 0.636. The van der Waals surface area contributed by atoms with E-state index in [4.69, 9.17) is 37.3 Å². The Hall–Kier alpha value is -3.14. The van der Waals surface area contributed by atoms with Crippen LogP contribution >= 0.6 is 11.8 Å². The van der Waals surface area contributed by atoms with Gasteiger partial charge in [0, 0.05) is 18.7 Å². The smallest absolute Gasteiger partial charge is 0.417 e. The molecule has 336 valence electrons. The number of benzene rings is 2. The maximum atomic E-state index is 13.7. The van der Waals surface area contributed by atoms with E-state index >= 15 is 0 Å². The van der Waals surface area contributed by atoms with E-state index in [0.29, 0.717) is 0 Å². The molecule has 4 aliphatic heterocycles. The van der Waals surface area contributed by atoms with Crippen LogP contribution in [0, 0.1) is 6.92 Å². The van der Waals surface area contributed by atoms with Crippen LogP contribution in [-0.4, -0.2) is 124 Å². The first kappa shape index (κ1) is 47.3. The third-order valence-electron chi connectivity index (χ3n) is 13.0. The summed E-state index contributed by atoms with van der Waals surface area (Å²) in [6.45, 7) is 26.2. The fourth-order valence-electron chi connectivity index (χ4n) is 7.44. The number of hydrogen-bond donors (Lipinski definition) is 0. The average Bonchev–Trinajstić information content (AvgIpc) is 3.70. The number of amides is 4. The Morgan fingerprint density at radius 1 is 0.721 bits per heavy atom. The number of rotatable bonds is 13. The van der Waals surface area contributed by atoms with Crippen LogP contribution in [0.1, 0.15) is 66.5 Å². The third-order valence-corrected chi connectivity index (χ3v) is 23.1. The second kappa shape index (κ2) is 18.2. The van der Waals surface area contributed by atoms with E-state index in [2.05, 4.69) is 67.7 Å². The largest absolute Gasteiger partial charge is 0.441 e. The quantitative estimate of drug-likeness (QED) is 0.179. The third kappa shape index (κ3) is 10.1. The van der Waals surface area contributed by atoms with E-state index in [-0.39, 0.29) is 29.9 Å². The predicted octanol–water partition coefficient (Wildman–Crippen LogP) is 8.02. The van der Waals surface area contributed by atoms with Crippen LogP contribution in [0.3, 0.4) is 0 Å². The van der Waals surface area contributed by atoms with Crippen LogP contribution < -0.4 is 0 Å². The summed E-state index contributed by atoms with van der Waals surface area (Å²) in [7, 11) is -4.94. The molecule has 14 nitrogen and oxygen atoms in total. The zero-order chi connectivity index (χ0) is 44.8.